The topological polar surface area (TPSA) is 151 Å². The van der Waals surface area contributed by atoms with Crippen LogP contribution in [0.5, 0.6) is 0 Å². The van der Waals surface area contributed by atoms with Crippen LogP contribution in [0, 0.1) is 11.2 Å². The summed E-state index contributed by atoms with van der Waals surface area (Å²) in [6.07, 6.45) is 1.15. The Morgan fingerprint density at radius 1 is 1.09 bits per heavy atom. The standard InChI is InChI=1S/C23H25FN8O2/c1-14(16-5-7-17(8-6-16)21(25)32(2)31-26)30-23(34)20-11-19(28-13-29-20)22(33)27-12-15-3-9-18(24)10-4-15/h3-11,13-14,25-26H,12,31H2,1-2H3,(H,27,33)(H,30,34)/t14-/m0/s1. The zero-order valence-electron chi connectivity index (χ0n) is 18.7. The molecule has 0 spiro atoms. The molecule has 3 aromatic rings. The fraction of sp³-hybridized carbons (Fsp3) is 0.174. The predicted octanol–water partition coefficient (Wildman–Crippen LogP) is 1.74. The third kappa shape index (κ3) is 6.18. The molecule has 10 nitrogen and oxygen atoms in total. The predicted molar refractivity (Wildman–Crippen MR) is 123 cm³/mol. The number of benzene rings is 2. The molecule has 0 saturated carbocycles. The Morgan fingerprint density at radius 3 is 2.32 bits per heavy atom. The number of nitrogens with two attached hydrogens (primary N) is 1. The van der Waals surface area contributed by atoms with Gasteiger partial charge >= 0.3 is 0 Å². The van der Waals surface area contributed by atoms with Crippen LogP contribution in [0.2, 0.25) is 0 Å². The van der Waals surface area contributed by atoms with Crippen molar-refractivity contribution in [2.45, 2.75) is 19.5 Å². The highest BCUT2D eigenvalue weighted by Crippen LogP contribution is 2.15. The first-order valence-electron chi connectivity index (χ1n) is 10.4. The van der Waals surface area contributed by atoms with Gasteiger partial charge in [0.05, 0.1) is 13.1 Å². The minimum absolute atomic E-state index is 0.0353. The Labute approximate surface area is 195 Å². The quantitative estimate of drug-likeness (QED) is 0.173. The number of nitrogens with zero attached hydrogens (tertiary/aromatic N) is 3. The minimum Gasteiger partial charge on any atom is -0.445 e. The molecule has 0 aliphatic carbocycles. The maximum Gasteiger partial charge on any atom is 0.270 e. The third-order valence-electron chi connectivity index (χ3n) is 5.08. The van der Waals surface area contributed by atoms with Crippen LogP contribution in [0.4, 0.5) is 4.39 Å². The summed E-state index contributed by atoms with van der Waals surface area (Å²) in [6, 6.07) is 13.8. The first kappa shape index (κ1) is 24.4. The summed E-state index contributed by atoms with van der Waals surface area (Å²) in [4.78, 5) is 33.0. The van der Waals surface area contributed by atoms with Crippen LogP contribution in [0.15, 0.2) is 60.9 Å². The highest BCUT2D eigenvalue weighted by Gasteiger charge is 2.16. The average molecular weight is 465 g/mol. The van der Waals surface area contributed by atoms with E-state index in [0.717, 1.165) is 23.0 Å². The number of amidine groups is 1. The van der Waals surface area contributed by atoms with E-state index in [9.17, 15) is 14.0 Å². The summed E-state index contributed by atoms with van der Waals surface area (Å²) < 4.78 is 13.0. The molecule has 0 radical (unpaired) electrons. The number of rotatable bonds is 8. The first-order chi connectivity index (χ1) is 16.3. The third-order valence-corrected chi connectivity index (χ3v) is 5.08. The van der Waals surface area contributed by atoms with Crippen molar-refractivity contribution in [1.29, 1.82) is 5.41 Å². The fourth-order valence-corrected chi connectivity index (χ4v) is 3.03. The molecule has 6 N–H and O–H groups in total. The van der Waals surface area contributed by atoms with Gasteiger partial charge in [0.1, 0.15) is 23.5 Å². The van der Waals surface area contributed by atoms with Gasteiger partial charge < -0.3 is 22.0 Å². The molecule has 1 aromatic heterocycles. The van der Waals surface area contributed by atoms with Crippen molar-refractivity contribution in [3.8, 4) is 0 Å². The van der Waals surface area contributed by atoms with Crippen LogP contribution in [0.3, 0.4) is 0 Å². The molecule has 0 aliphatic heterocycles. The molecule has 3 rings (SSSR count). The van der Waals surface area contributed by atoms with E-state index in [1.807, 2.05) is 0 Å². The summed E-state index contributed by atoms with van der Waals surface area (Å²) in [6.45, 7) is 1.99. The maximum absolute atomic E-state index is 13.0. The van der Waals surface area contributed by atoms with Gasteiger partial charge in [-0.3, -0.25) is 15.0 Å². The lowest BCUT2D eigenvalue weighted by atomic mass is 10.1. The molecule has 34 heavy (non-hydrogen) atoms. The summed E-state index contributed by atoms with van der Waals surface area (Å²) in [7, 11) is 1.62. The number of hydrogen-bond donors (Lipinski definition) is 4. The largest absolute Gasteiger partial charge is 0.445 e. The zero-order valence-corrected chi connectivity index (χ0v) is 18.7. The molecule has 2 aromatic carbocycles. The van der Waals surface area contributed by atoms with E-state index in [-0.39, 0.29) is 35.6 Å². The zero-order chi connectivity index (χ0) is 24.7. The van der Waals surface area contributed by atoms with Gasteiger partial charge in [0.2, 0.25) is 0 Å². The van der Waals surface area contributed by atoms with Gasteiger partial charge in [-0.15, -0.1) is 0 Å². The first-order valence-corrected chi connectivity index (χ1v) is 10.4. The molecule has 176 valence electrons. The van der Waals surface area contributed by atoms with E-state index in [0.29, 0.717) is 5.56 Å². The molecule has 2 amide bonds. The van der Waals surface area contributed by atoms with E-state index in [1.165, 1.54) is 23.2 Å². The molecular weight excluding hydrogens is 439 g/mol. The van der Waals surface area contributed by atoms with Crippen LogP contribution >= 0.6 is 0 Å². The van der Waals surface area contributed by atoms with E-state index in [2.05, 4.69) is 20.6 Å². The van der Waals surface area contributed by atoms with Crippen molar-refractivity contribution in [3.05, 3.63) is 101 Å². The van der Waals surface area contributed by atoms with Crippen LogP contribution in [0.25, 0.3) is 5.84 Å². The van der Waals surface area contributed by atoms with Crippen molar-refractivity contribution in [2.75, 3.05) is 7.05 Å². The van der Waals surface area contributed by atoms with Crippen molar-refractivity contribution >= 4 is 17.6 Å². The van der Waals surface area contributed by atoms with Crippen LogP contribution < -0.4 is 16.2 Å². The van der Waals surface area contributed by atoms with Crippen molar-refractivity contribution < 1.29 is 19.5 Å². The number of quaternary nitrogens is 1. The molecule has 0 unspecified atom stereocenters. The number of carbonyl (C=O) groups is 2. The summed E-state index contributed by atoms with van der Waals surface area (Å²) in [5.74, 6) is 6.10. The number of hydrogen-bond acceptors (Lipinski definition) is 5. The van der Waals surface area contributed by atoms with E-state index >= 15 is 0 Å². The summed E-state index contributed by atoms with van der Waals surface area (Å²) in [5.41, 5.74) is 3.31. The molecule has 0 aliphatic rings. The fourth-order valence-electron chi connectivity index (χ4n) is 3.03. The Balaban J connectivity index is 1.61. The van der Waals surface area contributed by atoms with Gasteiger partial charge in [0.15, 0.2) is 5.84 Å². The molecule has 0 saturated heterocycles. The SMILES string of the molecule is C[C@H](NC(=O)c1cc(C(=O)NCc2ccc(F)cc2)ncn1)c1ccc(C(=N)N(C)[NH2+][NH-])cc1. The smallest absolute Gasteiger partial charge is 0.270 e. The summed E-state index contributed by atoms with van der Waals surface area (Å²) in [5, 5.41) is 14.9. The Hall–Kier alpha value is -4.22. The number of carbonyl (C=O) groups excluding carboxylic acids is 2. The average Bonchev–Trinajstić information content (AvgIpc) is 2.87. The highest BCUT2D eigenvalue weighted by molar-refractivity contribution is 5.97. The van der Waals surface area contributed by atoms with Crippen LogP contribution in [-0.2, 0) is 6.54 Å². The van der Waals surface area contributed by atoms with Crippen LogP contribution in [-0.4, -0.2) is 39.7 Å². The van der Waals surface area contributed by atoms with Gasteiger partial charge in [-0.2, -0.15) is 0 Å². The summed E-state index contributed by atoms with van der Waals surface area (Å²) >= 11 is 0. The lowest BCUT2D eigenvalue weighted by Gasteiger charge is -2.19. The highest BCUT2D eigenvalue weighted by atomic mass is 19.1. The van der Waals surface area contributed by atoms with Crippen molar-refractivity contribution in [2.24, 2.45) is 0 Å². The Morgan fingerprint density at radius 2 is 1.71 bits per heavy atom. The molecule has 11 heteroatoms. The van der Waals surface area contributed by atoms with Crippen molar-refractivity contribution in [3.63, 3.8) is 0 Å². The van der Waals surface area contributed by atoms with Gasteiger partial charge in [0, 0.05) is 18.2 Å². The Kier molecular flexibility index (Phi) is 7.96. The Bertz CT molecular complexity index is 1170. The molecule has 0 fully saturated rings. The van der Waals surface area contributed by atoms with Gasteiger partial charge in [-0.1, -0.05) is 36.4 Å². The number of nitrogens with one attached hydrogen (secondary N) is 4. The molecular formula is C23H25FN8O2. The van der Waals surface area contributed by atoms with E-state index in [1.54, 1.807) is 50.4 Å². The van der Waals surface area contributed by atoms with Gasteiger partial charge in [-0.05, 0) is 30.2 Å². The second-order valence-corrected chi connectivity index (χ2v) is 7.50. The normalized spacial score (nSPS) is 11.4. The number of halogens is 1. The monoisotopic (exact) mass is 464 g/mol. The van der Waals surface area contributed by atoms with E-state index < -0.39 is 11.8 Å². The van der Waals surface area contributed by atoms with Crippen LogP contribution in [0.1, 0.15) is 50.6 Å². The minimum atomic E-state index is -0.484. The lowest BCUT2D eigenvalue weighted by Crippen LogP contribution is -2.86. The van der Waals surface area contributed by atoms with Crippen molar-refractivity contribution in [1.82, 2.24) is 25.6 Å². The molecule has 1 atom stereocenters. The van der Waals surface area contributed by atoms with Gasteiger partial charge in [0.25, 0.3) is 11.8 Å². The number of amides is 2. The maximum atomic E-state index is 13.0. The second-order valence-electron chi connectivity index (χ2n) is 7.50. The number of aromatic nitrogens is 2. The second kappa shape index (κ2) is 11.1. The van der Waals surface area contributed by atoms with Gasteiger partial charge in [-0.25, -0.2) is 19.4 Å². The molecule has 1 heterocycles. The molecule has 0 bridgehead atoms. The lowest BCUT2D eigenvalue weighted by molar-refractivity contribution is -0.724. The van der Waals surface area contributed by atoms with E-state index in [4.69, 9.17) is 11.3 Å².